The van der Waals surface area contributed by atoms with Crippen molar-refractivity contribution in [2.45, 2.75) is 53.1 Å². The van der Waals surface area contributed by atoms with Crippen LogP contribution in [-0.2, 0) is 0 Å². The molecular formula is C13H30N2. The Morgan fingerprint density at radius 2 is 1.60 bits per heavy atom. The lowest BCUT2D eigenvalue weighted by Crippen LogP contribution is -2.61. The summed E-state index contributed by atoms with van der Waals surface area (Å²) in [4.78, 5) is 4.88. The molecule has 0 radical (unpaired) electrons. The molecule has 1 heterocycles. The molecule has 0 aromatic carbocycles. The van der Waals surface area contributed by atoms with Crippen LogP contribution in [0.4, 0.5) is 0 Å². The smallest absolute Gasteiger partial charge is 0.0205 e. The average molecular weight is 214 g/mol. The number of likely N-dealkylation sites (tertiary alicyclic amines) is 1. The van der Waals surface area contributed by atoms with Crippen LogP contribution < -0.4 is 0 Å². The van der Waals surface area contributed by atoms with E-state index in [9.17, 15) is 0 Å². The maximum atomic E-state index is 2.49. The summed E-state index contributed by atoms with van der Waals surface area (Å²) in [6.45, 7) is 15.8. The monoisotopic (exact) mass is 214 g/mol. The van der Waals surface area contributed by atoms with Crippen LogP contribution >= 0.6 is 0 Å². The van der Waals surface area contributed by atoms with Crippen molar-refractivity contribution in [1.29, 1.82) is 0 Å². The van der Waals surface area contributed by atoms with Gasteiger partial charge in [-0.25, -0.2) is 0 Å². The fourth-order valence-corrected chi connectivity index (χ4v) is 2.10. The first-order valence-corrected chi connectivity index (χ1v) is 6.27. The second-order valence-electron chi connectivity index (χ2n) is 5.28. The van der Waals surface area contributed by atoms with Crippen LogP contribution in [-0.4, -0.2) is 48.6 Å². The lowest BCUT2D eigenvalue weighted by molar-refractivity contribution is -0.0177. The van der Waals surface area contributed by atoms with E-state index in [1.54, 1.807) is 0 Å². The average Bonchev–Trinajstić information content (AvgIpc) is 2.14. The minimum Gasteiger partial charge on any atom is -0.306 e. The molecule has 0 N–H and O–H groups in total. The van der Waals surface area contributed by atoms with Crippen molar-refractivity contribution < 1.29 is 0 Å². The third-order valence-electron chi connectivity index (χ3n) is 3.75. The van der Waals surface area contributed by atoms with Gasteiger partial charge in [0.05, 0.1) is 0 Å². The van der Waals surface area contributed by atoms with Crippen LogP contribution in [0.2, 0.25) is 0 Å². The van der Waals surface area contributed by atoms with E-state index in [0.717, 1.165) is 5.92 Å². The molecule has 1 aliphatic rings. The first-order chi connectivity index (χ1) is 6.85. The van der Waals surface area contributed by atoms with Crippen LogP contribution in [0.25, 0.3) is 0 Å². The quantitative estimate of drug-likeness (QED) is 0.713. The molecule has 0 aliphatic carbocycles. The normalized spacial score (nSPS) is 18.8. The van der Waals surface area contributed by atoms with Gasteiger partial charge in [0.15, 0.2) is 0 Å². The Bertz CT molecular complexity index is 169. The van der Waals surface area contributed by atoms with Gasteiger partial charge < -0.3 is 4.90 Å². The highest BCUT2D eigenvalue weighted by Crippen LogP contribution is 2.31. The van der Waals surface area contributed by atoms with E-state index in [-0.39, 0.29) is 0 Å². The zero-order valence-corrected chi connectivity index (χ0v) is 12.0. The molecule has 0 bridgehead atoms. The second kappa shape index (κ2) is 5.86. The van der Waals surface area contributed by atoms with Crippen molar-refractivity contribution in [3.8, 4) is 0 Å². The number of hydrogen-bond donors (Lipinski definition) is 0. The molecule has 2 nitrogen and oxygen atoms in total. The van der Waals surface area contributed by atoms with E-state index in [1.165, 1.54) is 13.1 Å². The lowest BCUT2D eigenvalue weighted by atomic mass is 9.80. The summed E-state index contributed by atoms with van der Waals surface area (Å²) < 4.78 is 0. The van der Waals surface area contributed by atoms with Crippen LogP contribution in [0, 0.1) is 5.92 Å². The summed E-state index contributed by atoms with van der Waals surface area (Å²) in [5.74, 6) is 0.838. The summed E-state index contributed by atoms with van der Waals surface area (Å²) in [6.07, 6.45) is 0. The largest absolute Gasteiger partial charge is 0.306 e. The van der Waals surface area contributed by atoms with Crippen molar-refractivity contribution in [3.05, 3.63) is 0 Å². The Morgan fingerprint density at radius 1 is 1.20 bits per heavy atom. The van der Waals surface area contributed by atoms with Crippen LogP contribution in [0.3, 0.4) is 0 Å². The number of rotatable bonds is 3. The molecule has 0 spiro atoms. The van der Waals surface area contributed by atoms with Gasteiger partial charge in [0.25, 0.3) is 0 Å². The van der Waals surface area contributed by atoms with E-state index in [2.05, 4.69) is 51.6 Å². The number of nitrogens with zero attached hydrogens (tertiary/aromatic N) is 2. The van der Waals surface area contributed by atoms with E-state index in [1.807, 2.05) is 13.8 Å². The van der Waals surface area contributed by atoms with Crippen LogP contribution in [0.15, 0.2) is 0 Å². The predicted molar refractivity (Wildman–Crippen MR) is 69.3 cm³/mol. The van der Waals surface area contributed by atoms with Gasteiger partial charge in [-0.2, -0.15) is 0 Å². The van der Waals surface area contributed by atoms with Gasteiger partial charge in [0, 0.05) is 30.6 Å². The fraction of sp³-hybridized carbons (Fsp3) is 1.00. The van der Waals surface area contributed by atoms with Gasteiger partial charge >= 0.3 is 0 Å². The second-order valence-corrected chi connectivity index (χ2v) is 5.28. The van der Waals surface area contributed by atoms with E-state index in [4.69, 9.17) is 0 Å². The Labute approximate surface area is 96.6 Å². The first-order valence-electron chi connectivity index (χ1n) is 6.27. The highest BCUT2D eigenvalue weighted by atomic mass is 15.2. The summed E-state index contributed by atoms with van der Waals surface area (Å²) >= 11 is 0. The third-order valence-corrected chi connectivity index (χ3v) is 3.75. The molecule has 0 unspecified atom stereocenters. The Kier molecular flexibility index (Phi) is 5.82. The topological polar surface area (TPSA) is 6.48 Å². The van der Waals surface area contributed by atoms with Crippen LogP contribution in [0.1, 0.15) is 41.5 Å². The SMILES string of the molecule is CC.CC(C)N(C)C(C)(C)C1CN(C)C1. The molecule has 0 amide bonds. The molecule has 92 valence electrons. The molecule has 1 fully saturated rings. The van der Waals surface area contributed by atoms with Gasteiger partial charge in [-0.3, -0.25) is 4.90 Å². The summed E-state index contributed by atoms with van der Waals surface area (Å²) in [6, 6.07) is 0.640. The van der Waals surface area contributed by atoms with Gasteiger partial charge in [0.2, 0.25) is 0 Å². The first kappa shape index (κ1) is 14.9. The van der Waals surface area contributed by atoms with Gasteiger partial charge in [-0.05, 0) is 41.8 Å². The standard InChI is InChI=1S/C11H24N2.C2H6/c1-9(2)13(6)11(3,4)10-7-12(5)8-10;1-2/h9-10H,7-8H2,1-6H3;1-2H3. The van der Waals surface area contributed by atoms with Gasteiger partial charge in [-0.1, -0.05) is 13.8 Å². The molecule has 0 aromatic heterocycles. The van der Waals surface area contributed by atoms with E-state index >= 15 is 0 Å². The zero-order chi connectivity index (χ0) is 12.2. The summed E-state index contributed by atoms with van der Waals surface area (Å²) in [5, 5.41) is 0. The summed E-state index contributed by atoms with van der Waals surface area (Å²) in [5.41, 5.74) is 0.348. The van der Waals surface area contributed by atoms with Crippen molar-refractivity contribution in [2.24, 2.45) is 5.92 Å². The fourth-order valence-electron chi connectivity index (χ4n) is 2.10. The predicted octanol–water partition coefficient (Wildman–Crippen LogP) is 2.69. The van der Waals surface area contributed by atoms with E-state index < -0.39 is 0 Å². The van der Waals surface area contributed by atoms with Crippen molar-refractivity contribution in [3.63, 3.8) is 0 Å². The Hall–Kier alpha value is -0.0800. The molecule has 1 aliphatic heterocycles. The zero-order valence-electron chi connectivity index (χ0n) is 12.0. The minimum absolute atomic E-state index is 0.348. The highest BCUT2D eigenvalue weighted by molar-refractivity contribution is 4.96. The van der Waals surface area contributed by atoms with Crippen molar-refractivity contribution in [2.75, 3.05) is 27.2 Å². The van der Waals surface area contributed by atoms with Crippen LogP contribution in [0.5, 0.6) is 0 Å². The molecule has 0 aromatic rings. The third kappa shape index (κ3) is 3.46. The molecule has 1 saturated heterocycles. The molecule has 0 saturated carbocycles. The molecule has 1 rings (SSSR count). The molecular weight excluding hydrogens is 184 g/mol. The van der Waals surface area contributed by atoms with E-state index in [0.29, 0.717) is 11.6 Å². The molecule has 15 heavy (non-hydrogen) atoms. The maximum absolute atomic E-state index is 2.49. The highest BCUT2D eigenvalue weighted by Gasteiger charge is 2.40. The van der Waals surface area contributed by atoms with Crippen molar-refractivity contribution >= 4 is 0 Å². The minimum atomic E-state index is 0.348. The maximum Gasteiger partial charge on any atom is 0.0205 e. The Balaban J connectivity index is 0.000000921. The van der Waals surface area contributed by atoms with Gasteiger partial charge in [-0.15, -0.1) is 0 Å². The summed E-state index contributed by atoms with van der Waals surface area (Å²) in [7, 11) is 4.44. The lowest BCUT2D eigenvalue weighted by Gasteiger charge is -2.51. The molecule has 0 atom stereocenters. The Morgan fingerprint density at radius 3 is 1.87 bits per heavy atom. The number of hydrogen-bond acceptors (Lipinski definition) is 2. The van der Waals surface area contributed by atoms with Gasteiger partial charge in [0.1, 0.15) is 0 Å². The molecule has 2 heteroatoms. The van der Waals surface area contributed by atoms with Crippen molar-refractivity contribution in [1.82, 2.24) is 9.80 Å².